The Morgan fingerprint density at radius 3 is 2.45 bits per heavy atom. The van der Waals surface area contributed by atoms with Crippen LogP contribution >= 0.6 is 0 Å². The van der Waals surface area contributed by atoms with Gasteiger partial charge >= 0.3 is 0 Å². The lowest BCUT2D eigenvalue weighted by Crippen LogP contribution is -2.30. The first-order chi connectivity index (χ1) is 15.2. The number of anilines is 2. The number of methoxy groups -OCH3 is 1. The second kappa shape index (κ2) is 9.93. The van der Waals surface area contributed by atoms with E-state index in [0.717, 1.165) is 35.9 Å². The Balaban J connectivity index is 1.35. The van der Waals surface area contributed by atoms with E-state index in [-0.39, 0.29) is 12.5 Å². The van der Waals surface area contributed by atoms with Crippen LogP contribution in [0.2, 0.25) is 0 Å². The van der Waals surface area contributed by atoms with E-state index in [1.54, 1.807) is 31.4 Å². The monoisotopic (exact) mass is 418 g/mol. The van der Waals surface area contributed by atoms with Crippen molar-refractivity contribution >= 4 is 17.4 Å². The van der Waals surface area contributed by atoms with Crippen LogP contribution < -0.4 is 19.7 Å². The molecule has 1 N–H and O–H groups in total. The van der Waals surface area contributed by atoms with Crippen molar-refractivity contribution in [3.8, 4) is 22.8 Å². The summed E-state index contributed by atoms with van der Waals surface area (Å²) in [6.45, 7) is 1.99. The van der Waals surface area contributed by atoms with Crippen LogP contribution in [0.4, 0.5) is 11.5 Å². The molecule has 4 rings (SSSR count). The Kier molecular flexibility index (Phi) is 6.62. The van der Waals surface area contributed by atoms with Gasteiger partial charge in [-0.05, 0) is 67.8 Å². The van der Waals surface area contributed by atoms with Crippen molar-refractivity contribution < 1.29 is 14.3 Å². The van der Waals surface area contributed by atoms with Gasteiger partial charge in [-0.1, -0.05) is 12.1 Å². The summed E-state index contributed by atoms with van der Waals surface area (Å²) in [5.41, 5.74) is 2.35. The highest BCUT2D eigenvalue weighted by Crippen LogP contribution is 2.23. The molecule has 7 nitrogen and oxygen atoms in total. The number of carbonyl (C=O) groups is 1. The van der Waals surface area contributed by atoms with Crippen LogP contribution in [0.3, 0.4) is 0 Å². The predicted molar refractivity (Wildman–Crippen MR) is 121 cm³/mol. The van der Waals surface area contributed by atoms with Crippen LogP contribution in [-0.4, -0.2) is 42.9 Å². The van der Waals surface area contributed by atoms with Gasteiger partial charge in [-0.3, -0.25) is 4.79 Å². The Labute approximate surface area is 182 Å². The second-order valence-electron chi connectivity index (χ2n) is 7.42. The smallest absolute Gasteiger partial charge is 0.262 e. The lowest BCUT2D eigenvalue weighted by molar-refractivity contribution is -0.118. The Hall–Kier alpha value is -3.61. The number of nitrogens with zero attached hydrogens (tertiary/aromatic N) is 3. The Morgan fingerprint density at radius 1 is 0.968 bits per heavy atom. The number of amides is 1. The minimum atomic E-state index is -0.237. The molecule has 1 amide bonds. The minimum absolute atomic E-state index is 0.0824. The first kappa shape index (κ1) is 20.7. The van der Waals surface area contributed by atoms with Crippen molar-refractivity contribution in [2.45, 2.75) is 19.3 Å². The normalized spacial score (nSPS) is 13.5. The van der Waals surface area contributed by atoms with E-state index in [1.165, 1.54) is 19.3 Å². The summed E-state index contributed by atoms with van der Waals surface area (Å²) in [6, 6.07) is 18.6. The maximum atomic E-state index is 12.3. The maximum absolute atomic E-state index is 12.3. The number of hydrogen-bond acceptors (Lipinski definition) is 6. The van der Waals surface area contributed by atoms with Gasteiger partial charge < -0.3 is 19.7 Å². The molecule has 160 valence electrons. The van der Waals surface area contributed by atoms with Crippen LogP contribution in [0.15, 0.2) is 60.7 Å². The van der Waals surface area contributed by atoms with Gasteiger partial charge in [0.05, 0.1) is 12.8 Å². The van der Waals surface area contributed by atoms with Gasteiger partial charge in [0, 0.05) is 24.3 Å². The van der Waals surface area contributed by atoms with Crippen molar-refractivity contribution in [2.75, 3.05) is 37.0 Å². The van der Waals surface area contributed by atoms with Crippen molar-refractivity contribution in [1.82, 2.24) is 10.2 Å². The Bertz CT molecular complexity index is 1000. The summed E-state index contributed by atoms with van der Waals surface area (Å²) in [6.07, 6.45) is 3.69. The molecule has 3 aromatic rings. The van der Waals surface area contributed by atoms with Crippen molar-refractivity contribution in [2.24, 2.45) is 0 Å². The molecule has 0 aliphatic carbocycles. The van der Waals surface area contributed by atoms with E-state index >= 15 is 0 Å². The quantitative estimate of drug-likeness (QED) is 0.621. The van der Waals surface area contributed by atoms with Gasteiger partial charge in [-0.25, -0.2) is 0 Å². The zero-order valence-corrected chi connectivity index (χ0v) is 17.6. The fraction of sp³-hybridized carbons (Fsp3) is 0.292. The van der Waals surface area contributed by atoms with E-state index < -0.39 is 0 Å². The van der Waals surface area contributed by atoms with Crippen LogP contribution in [0, 0.1) is 0 Å². The third-order valence-corrected chi connectivity index (χ3v) is 5.20. The van der Waals surface area contributed by atoms with Crippen LogP contribution in [0.25, 0.3) is 11.3 Å². The van der Waals surface area contributed by atoms with Gasteiger partial charge in [0.2, 0.25) is 0 Å². The number of benzene rings is 2. The van der Waals surface area contributed by atoms with Crippen molar-refractivity contribution in [3.05, 3.63) is 60.7 Å². The largest absolute Gasteiger partial charge is 0.497 e. The highest BCUT2D eigenvalue weighted by Gasteiger charge is 2.13. The van der Waals surface area contributed by atoms with Crippen molar-refractivity contribution in [1.29, 1.82) is 0 Å². The summed E-state index contributed by atoms with van der Waals surface area (Å²) in [5, 5.41) is 11.7. The first-order valence-corrected chi connectivity index (χ1v) is 10.5. The molecule has 0 bridgehead atoms. The van der Waals surface area contributed by atoms with E-state index in [2.05, 4.69) is 20.4 Å². The van der Waals surface area contributed by atoms with Gasteiger partial charge in [0.25, 0.3) is 5.91 Å². The standard InChI is InChI=1S/C24H26N4O3/c1-30-20-8-10-21(11-9-20)31-17-24(29)25-19-7-5-6-18(16-19)22-12-13-23(27-26-22)28-14-3-2-4-15-28/h5-13,16H,2-4,14-15,17H2,1H3,(H,25,29). The molecule has 0 unspecified atom stereocenters. The third kappa shape index (κ3) is 5.51. The lowest BCUT2D eigenvalue weighted by atomic mass is 10.1. The molecule has 7 heteroatoms. The number of ether oxygens (including phenoxy) is 2. The SMILES string of the molecule is COc1ccc(OCC(=O)Nc2cccc(-c3ccc(N4CCCCC4)nn3)c2)cc1. The fourth-order valence-electron chi connectivity index (χ4n) is 3.55. The molecule has 1 aromatic heterocycles. The summed E-state index contributed by atoms with van der Waals surface area (Å²) in [4.78, 5) is 14.6. The molecule has 1 saturated heterocycles. The Morgan fingerprint density at radius 2 is 1.74 bits per heavy atom. The number of piperidine rings is 1. The van der Waals surface area contributed by atoms with Crippen LogP contribution in [-0.2, 0) is 4.79 Å². The number of rotatable bonds is 7. The predicted octanol–water partition coefficient (Wildman–Crippen LogP) is 4.16. The zero-order valence-electron chi connectivity index (χ0n) is 17.6. The third-order valence-electron chi connectivity index (χ3n) is 5.20. The molecule has 0 spiro atoms. The molecule has 0 saturated carbocycles. The summed E-state index contributed by atoms with van der Waals surface area (Å²) >= 11 is 0. The molecule has 31 heavy (non-hydrogen) atoms. The van der Waals surface area contributed by atoms with E-state index in [0.29, 0.717) is 11.4 Å². The van der Waals surface area contributed by atoms with Crippen molar-refractivity contribution in [3.63, 3.8) is 0 Å². The average Bonchev–Trinajstić information content (AvgIpc) is 2.84. The molecule has 2 aromatic carbocycles. The van der Waals surface area contributed by atoms with Crippen LogP contribution in [0.1, 0.15) is 19.3 Å². The highest BCUT2D eigenvalue weighted by molar-refractivity contribution is 5.92. The number of carbonyl (C=O) groups excluding carboxylic acids is 1. The summed E-state index contributed by atoms with van der Waals surface area (Å²) in [5.74, 6) is 2.03. The van der Waals surface area contributed by atoms with Crippen LogP contribution in [0.5, 0.6) is 11.5 Å². The maximum Gasteiger partial charge on any atom is 0.262 e. The minimum Gasteiger partial charge on any atom is -0.497 e. The topological polar surface area (TPSA) is 76.6 Å². The van der Waals surface area contributed by atoms with E-state index in [1.807, 2.05) is 36.4 Å². The molecule has 0 radical (unpaired) electrons. The number of nitrogens with one attached hydrogen (secondary N) is 1. The zero-order chi connectivity index (χ0) is 21.5. The second-order valence-corrected chi connectivity index (χ2v) is 7.42. The highest BCUT2D eigenvalue weighted by atomic mass is 16.5. The average molecular weight is 418 g/mol. The lowest BCUT2D eigenvalue weighted by Gasteiger charge is -2.27. The molecular weight excluding hydrogens is 392 g/mol. The van der Waals surface area contributed by atoms with Gasteiger partial charge in [0.1, 0.15) is 11.5 Å². The van der Waals surface area contributed by atoms with Gasteiger partial charge in [-0.2, -0.15) is 0 Å². The van der Waals surface area contributed by atoms with E-state index in [4.69, 9.17) is 9.47 Å². The fourth-order valence-corrected chi connectivity index (χ4v) is 3.55. The number of hydrogen-bond donors (Lipinski definition) is 1. The molecule has 0 atom stereocenters. The summed E-state index contributed by atoms with van der Waals surface area (Å²) in [7, 11) is 1.60. The van der Waals surface area contributed by atoms with Gasteiger partial charge in [0.15, 0.2) is 12.4 Å². The summed E-state index contributed by atoms with van der Waals surface area (Å²) < 4.78 is 10.6. The molecule has 2 heterocycles. The molecule has 1 aliphatic rings. The van der Waals surface area contributed by atoms with Gasteiger partial charge in [-0.15, -0.1) is 10.2 Å². The first-order valence-electron chi connectivity index (χ1n) is 10.5. The number of aromatic nitrogens is 2. The van der Waals surface area contributed by atoms with E-state index in [9.17, 15) is 4.79 Å². The molecular formula is C24H26N4O3. The molecule has 1 fully saturated rings. The molecule has 1 aliphatic heterocycles.